The van der Waals surface area contributed by atoms with Crippen molar-refractivity contribution in [2.75, 3.05) is 13.2 Å². The van der Waals surface area contributed by atoms with E-state index in [1.165, 1.54) is 6.07 Å². The molecule has 1 heterocycles. The van der Waals surface area contributed by atoms with E-state index < -0.39 is 10.5 Å². The Bertz CT molecular complexity index is 494. The maximum Gasteiger partial charge on any atom is 0.269 e. The first-order chi connectivity index (χ1) is 9.42. The highest BCUT2D eigenvalue weighted by Gasteiger charge is 2.39. The molecule has 6 nitrogen and oxygen atoms in total. The molecule has 0 spiro atoms. The molecule has 1 saturated heterocycles. The fourth-order valence-corrected chi connectivity index (χ4v) is 2.36. The summed E-state index contributed by atoms with van der Waals surface area (Å²) in [5, 5.41) is 24.4. The van der Waals surface area contributed by atoms with Gasteiger partial charge in [0.2, 0.25) is 0 Å². The number of non-ortho nitro benzene ring substituents is 1. The molecule has 1 aromatic rings. The minimum Gasteiger partial charge on any atom is -0.386 e. The van der Waals surface area contributed by atoms with Gasteiger partial charge < -0.3 is 15.2 Å². The molecule has 20 heavy (non-hydrogen) atoms. The van der Waals surface area contributed by atoms with Crippen molar-refractivity contribution in [3.63, 3.8) is 0 Å². The third-order valence-electron chi connectivity index (χ3n) is 3.95. The van der Waals surface area contributed by atoms with Gasteiger partial charge >= 0.3 is 0 Å². The Hall–Kier alpha value is -1.50. The van der Waals surface area contributed by atoms with E-state index in [0.717, 1.165) is 5.56 Å². The molecular weight excluding hydrogens is 260 g/mol. The summed E-state index contributed by atoms with van der Waals surface area (Å²) < 4.78 is 5.38. The number of ether oxygens (including phenoxy) is 1. The molecule has 0 amide bonds. The van der Waals surface area contributed by atoms with Gasteiger partial charge in [-0.3, -0.25) is 10.1 Å². The summed E-state index contributed by atoms with van der Waals surface area (Å²) in [6.07, 6.45) is 0.398. The lowest BCUT2D eigenvalue weighted by Gasteiger charge is -2.28. The Labute approximate surface area is 117 Å². The Morgan fingerprint density at radius 2 is 2.40 bits per heavy atom. The highest BCUT2D eigenvalue weighted by atomic mass is 16.6. The molecule has 3 atom stereocenters. The first kappa shape index (κ1) is 14.9. The van der Waals surface area contributed by atoms with Crippen molar-refractivity contribution in [2.45, 2.75) is 38.0 Å². The molecule has 3 unspecified atom stereocenters. The number of benzene rings is 1. The molecule has 0 aliphatic carbocycles. The fourth-order valence-electron chi connectivity index (χ4n) is 2.36. The average Bonchev–Trinajstić information content (AvgIpc) is 2.76. The van der Waals surface area contributed by atoms with Crippen LogP contribution >= 0.6 is 0 Å². The van der Waals surface area contributed by atoms with E-state index in [1.807, 2.05) is 19.9 Å². The van der Waals surface area contributed by atoms with Crippen molar-refractivity contribution in [1.29, 1.82) is 0 Å². The molecule has 1 aromatic carbocycles. The van der Waals surface area contributed by atoms with Crippen molar-refractivity contribution in [2.24, 2.45) is 0 Å². The molecule has 2 N–H and O–H groups in total. The van der Waals surface area contributed by atoms with Crippen LogP contribution in [0.5, 0.6) is 0 Å². The largest absolute Gasteiger partial charge is 0.386 e. The number of nitrogens with zero attached hydrogens (tertiary/aromatic N) is 1. The van der Waals surface area contributed by atoms with Crippen molar-refractivity contribution >= 4 is 5.69 Å². The van der Waals surface area contributed by atoms with Gasteiger partial charge in [-0.1, -0.05) is 12.1 Å². The van der Waals surface area contributed by atoms with Gasteiger partial charge in [0.25, 0.3) is 5.69 Å². The van der Waals surface area contributed by atoms with E-state index in [-0.39, 0.29) is 17.8 Å². The normalized spacial score (nSPS) is 27.4. The zero-order chi connectivity index (χ0) is 14.8. The van der Waals surface area contributed by atoms with E-state index in [9.17, 15) is 15.2 Å². The predicted octanol–water partition coefficient (Wildman–Crippen LogP) is 1.79. The minimum absolute atomic E-state index is 0.0763. The van der Waals surface area contributed by atoms with Crippen LogP contribution in [0.4, 0.5) is 5.69 Å². The Morgan fingerprint density at radius 3 is 3.00 bits per heavy atom. The summed E-state index contributed by atoms with van der Waals surface area (Å²) >= 11 is 0. The van der Waals surface area contributed by atoms with Gasteiger partial charge in [-0.25, -0.2) is 0 Å². The second-order valence-corrected chi connectivity index (χ2v) is 5.32. The number of nitro groups is 1. The van der Waals surface area contributed by atoms with Gasteiger partial charge in [-0.15, -0.1) is 0 Å². The highest BCUT2D eigenvalue weighted by molar-refractivity contribution is 5.35. The number of nitrogens with one attached hydrogen (secondary N) is 1. The van der Waals surface area contributed by atoms with Crippen molar-refractivity contribution in [1.82, 2.24) is 5.32 Å². The maximum absolute atomic E-state index is 10.8. The number of hydrogen-bond donors (Lipinski definition) is 2. The van der Waals surface area contributed by atoms with E-state index in [4.69, 9.17) is 4.74 Å². The molecule has 1 aliphatic heterocycles. The third kappa shape index (κ3) is 3.15. The molecule has 0 bridgehead atoms. The number of hydrogen-bond acceptors (Lipinski definition) is 5. The second-order valence-electron chi connectivity index (χ2n) is 5.32. The topological polar surface area (TPSA) is 84.6 Å². The lowest BCUT2D eigenvalue weighted by atomic mass is 9.96. The molecule has 0 saturated carbocycles. The number of rotatable bonds is 5. The Morgan fingerprint density at radius 1 is 1.65 bits per heavy atom. The molecular formula is C14H20N2O4. The molecule has 2 rings (SSSR count). The van der Waals surface area contributed by atoms with E-state index >= 15 is 0 Å². The SMILES string of the molecule is CC(NCC1(O)CCOC1C)c1cccc([N+](=O)[O-])c1. The smallest absolute Gasteiger partial charge is 0.269 e. The highest BCUT2D eigenvalue weighted by Crippen LogP contribution is 2.26. The standard InChI is InChI=1S/C14H20N2O4/c1-10(12-4-3-5-13(8-12)16(18)19)15-9-14(17)6-7-20-11(14)2/h3-5,8,10-11,15,17H,6-7,9H2,1-2H3. The fraction of sp³-hybridized carbons (Fsp3) is 0.571. The summed E-state index contributed by atoms with van der Waals surface area (Å²) in [6, 6.07) is 6.45. The van der Waals surface area contributed by atoms with E-state index in [1.54, 1.807) is 12.1 Å². The van der Waals surface area contributed by atoms with Gasteiger partial charge in [0, 0.05) is 37.7 Å². The summed E-state index contributed by atoms with van der Waals surface area (Å²) in [7, 11) is 0. The van der Waals surface area contributed by atoms with Crippen LogP contribution in [0, 0.1) is 10.1 Å². The summed E-state index contributed by atoms with van der Waals surface area (Å²) in [6.45, 7) is 4.73. The molecule has 6 heteroatoms. The summed E-state index contributed by atoms with van der Waals surface area (Å²) in [4.78, 5) is 10.4. The second kappa shape index (κ2) is 5.87. The van der Waals surface area contributed by atoms with E-state index in [0.29, 0.717) is 19.6 Å². The van der Waals surface area contributed by atoms with Crippen LogP contribution in [0.15, 0.2) is 24.3 Å². The maximum atomic E-state index is 10.8. The molecule has 0 radical (unpaired) electrons. The van der Waals surface area contributed by atoms with Gasteiger partial charge in [-0.05, 0) is 19.4 Å². The van der Waals surface area contributed by atoms with Crippen LogP contribution in [0.1, 0.15) is 31.9 Å². The zero-order valence-corrected chi connectivity index (χ0v) is 11.7. The van der Waals surface area contributed by atoms with Crippen LogP contribution in [0.3, 0.4) is 0 Å². The van der Waals surface area contributed by atoms with Crippen molar-refractivity contribution in [3.8, 4) is 0 Å². The average molecular weight is 280 g/mol. The third-order valence-corrected chi connectivity index (χ3v) is 3.95. The van der Waals surface area contributed by atoms with Crippen molar-refractivity contribution < 1.29 is 14.8 Å². The number of nitro benzene ring substituents is 1. The molecule has 0 aromatic heterocycles. The van der Waals surface area contributed by atoms with Crippen LogP contribution in [-0.4, -0.2) is 34.9 Å². The van der Waals surface area contributed by atoms with Crippen LogP contribution in [-0.2, 0) is 4.74 Å². The van der Waals surface area contributed by atoms with Crippen LogP contribution in [0.25, 0.3) is 0 Å². The quantitative estimate of drug-likeness (QED) is 0.634. The predicted molar refractivity (Wildman–Crippen MR) is 74.5 cm³/mol. The summed E-state index contributed by atoms with van der Waals surface area (Å²) in [5.41, 5.74) is 0.0383. The molecule has 110 valence electrons. The van der Waals surface area contributed by atoms with Gasteiger partial charge in [0.05, 0.1) is 11.0 Å². The Kier molecular flexibility index (Phi) is 4.37. The van der Waals surface area contributed by atoms with E-state index in [2.05, 4.69) is 5.32 Å². The first-order valence-corrected chi connectivity index (χ1v) is 6.74. The monoisotopic (exact) mass is 280 g/mol. The number of aliphatic hydroxyl groups is 1. The lowest BCUT2D eigenvalue weighted by molar-refractivity contribution is -0.384. The van der Waals surface area contributed by atoms with Gasteiger partial charge in [-0.2, -0.15) is 0 Å². The minimum atomic E-state index is -0.866. The zero-order valence-electron chi connectivity index (χ0n) is 11.7. The molecule has 1 fully saturated rings. The van der Waals surface area contributed by atoms with Gasteiger partial charge in [0.1, 0.15) is 5.60 Å². The molecule has 1 aliphatic rings. The first-order valence-electron chi connectivity index (χ1n) is 6.74. The Balaban J connectivity index is 2.00. The van der Waals surface area contributed by atoms with Crippen molar-refractivity contribution in [3.05, 3.63) is 39.9 Å². The van der Waals surface area contributed by atoms with Crippen LogP contribution < -0.4 is 5.32 Å². The lowest BCUT2D eigenvalue weighted by Crippen LogP contribution is -2.46. The van der Waals surface area contributed by atoms with Gasteiger partial charge in [0.15, 0.2) is 0 Å². The summed E-state index contributed by atoms with van der Waals surface area (Å²) in [5.74, 6) is 0. The van der Waals surface area contributed by atoms with Crippen LogP contribution in [0.2, 0.25) is 0 Å².